The van der Waals surface area contributed by atoms with Gasteiger partial charge in [0.25, 0.3) is 0 Å². The van der Waals surface area contributed by atoms with Gasteiger partial charge in [0.2, 0.25) is 0 Å². The van der Waals surface area contributed by atoms with Crippen molar-refractivity contribution >= 4 is 22.8 Å². The molecule has 66 valence electrons. The molecule has 1 aromatic carbocycles. The molecule has 0 saturated heterocycles. The maximum atomic E-state index is 4.56. The lowest BCUT2D eigenvalue weighted by molar-refractivity contribution is 0.743. The molecule has 0 fully saturated rings. The first-order valence-electron chi connectivity index (χ1n) is 4.44. The zero-order chi connectivity index (χ0) is 8.84. The SMILES string of the molecule is Cc1ccc2nc3n(c2c1)CCS3. The van der Waals surface area contributed by atoms with Crippen molar-refractivity contribution in [1.82, 2.24) is 9.55 Å². The smallest absolute Gasteiger partial charge is 0.169 e. The third kappa shape index (κ3) is 1.000. The van der Waals surface area contributed by atoms with E-state index in [0.717, 1.165) is 12.1 Å². The van der Waals surface area contributed by atoms with Crippen LogP contribution in [0.4, 0.5) is 0 Å². The summed E-state index contributed by atoms with van der Waals surface area (Å²) in [6.45, 7) is 3.24. The van der Waals surface area contributed by atoms with E-state index in [0.29, 0.717) is 0 Å². The maximum Gasteiger partial charge on any atom is 0.169 e. The zero-order valence-corrected chi connectivity index (χ0v) is 8.27. The molecule has 0 N–H and O–H groups in total. The van der Waals surface area contributed by atoms with Gasteiger partial charge in [-0.05, 0) is 24.6 Å². The highest BCUT2D eigenvalue weighted by molar-refractivity contribution is 7.99. The van der Waals surface area contributed by atoms with Gasteiger partial charge in [-0.25, -0.2) is 4.98 Å². The molecule has 13 heavy (non-hydrogen) atoms. The first-order chi connectivity index (χ1) is 6.34. The molecule has 2 nitrogen and oxygen atoms in total. The number of hydrogen-bond acceptors (Lipinski definition) is 2. The van der Waals surface area contributed by atoms with Gasteiger partial charge in [-0.2, -0.15) is 0 Å². The Hall–Kier alpha value is -0.960. The van der Waals surface area contributed by atoms with Gasteiger partial charge < -0.3 is 4.57 Å². The highest BCUT2D eigenvalue weighted by Crippen LogP contribution is 2.29. The molecule has 0 saturated carbocycles. The monoisotopic (exact) mass is 190 g/mol. The van der Waals surface area contributed by atoms with Crippen LogP contribution in [0.5, 0.6) is 0 Å². The minimum atomic E-state index is 1.11. The summed E-state index contributed by atoms with van der Waals surface area (Å²) < 4.78 is 2.31. The molecular formula is C10H10N2S. The van der Waals surface area contributed by atoms with Crippen LogP contribution in [0.1, 0.15) is 5.56 Å². The number of aryl methyl sites for hydroxylation is 2. The van der Waals surface area contributed by atoms with E-state index in [4.69, 9.17) is 0 Å². The van der Waals surface area contributed by atoms with Crippen molar-refractivity contribution in [2.24, 2.45) is 0 Å². The fourth-order valence-corrected chi connectivity index (χ4v) is 2.73. The van der Waals surface area contributed by atoms with Crippen LogP contribution in [-0.2, 0) is 6.54 Å². The third-order valence-corrected chi connectivity index (χ3v) is 3.37. The number of fused-ring (bicyclic) bond motifs is 3. The molecule has 3 heteroatoms. The Balaban J connectivity index is 2.40. The van der Waals surface area contributed by atoms with E-state index in [9.17, 15) is 0 Å². The quantitative estimate of drug-likeness (QED) is 0.635. The van der Waals surface area contributed by atoms with E-state index in [-0.39, 0.29) is 0 Å². The van der Waals surface area contributed by atoms with Gasteiger partial charge in [-0.15, -0.1) is 0 Å². The summed E-state index contributed by atoms with van der Waals surface area (Å²) in [7, 11) is 0. The highest BCUT2D eigenvalue weighted by Gasteiger charge is 2.15. The molecule has 0 aliphatic carbocycles. The van der Waals surface area contributed by atoms with Gasteiger partial charge in [0.05, 0.1) is 11.0 Å². The van der Waals surface area contributed by atoms with Crippen LogP contribution in [-0.4, -0.2) is 15.3 Å². The first kappa shape index (κ1) is 7.44. The number of benzene rings is 1. The van der Waals surface area contributed by atoms with Crippen molar-refractivity contribution in [3.8, 4) is 0 Å². The van der Waals surface area contributed by atoms with Crippen molar-refractivity contribution in [3.05, 3.63) is 23.8 Å². The maximum absolute atomic E-state index is 4.56. The fraction of sp³-hybridized carbons (Fsp3) is 0.300. The summed E-state index contributed by atoms with van der Waals surface area (Å²) in [5.74, 6) is 1.17. The Kier molecular flexibility index (Phi) is 1.44. The lowest BCUT2D eigenvalue weighted by atomic mass is 10.2. The number of imidazole rings is 1. The molecule has 3 rings (SSSR count). The van der Waals surface area contributed by atoms with E-state index in [1.165, 1.54) is 22.0 Å². The minimum Gasteiger partial charge on any atom is -0.318 e. The standard InChI is InChI=1S/C10H10N2S/c1-7-2-3-8-9(6-7)12-4-5-13-10(12)11-8/h2-3,6H,4-5H2,1H3. The highest BCUT2D eigenvalue weighted by atomic mass is 32.2. The number of hydrogen-bond donors (Lipinski definition) is 0. The predicted octanol–water partition coefficient (Wildman–Crippen LogP) is 2.45. The molecule has 1 aliphatic heterocycles. The Morgan fingerprint density at radius 1 is 1.46 bits per heavy atom. The summed E-state index contributed by atoms with van der Waals surface area (Å²) in [6.07, 6.45) is 0. The number of nitrogens with zero attached hydrogens (tertiary/aromatic N) is 2. The Morgan fingerprint density at radius 2 is 2.38 bits per heavy atom. The summed E-state index contributed by atoms with van der Waals surface area (Å²) in [4.78, 5) is 4.56. The van der Waals surface area contributed by atoms with Crippen LogP contribution in [0.3, 0.4) is 0 Å². The van der Waals surface area contributed by atoms with Crippen LogP contribution in [0.25, 0.3) is 11.0 Å². The first-order valence-corrected chi connectivity index (χ1v) is 5.43. The van der Waals surface area contributed by atoms with Crippen LogP contribution in [0, 0.1) is 6.92 Å². The summed E-state index contributed by atoms with van der Waals surface area (Å²) in [5, 5.41) is 1.18. The van der Waals surface area contributed by atoms with Gasteiger partial charge in [-0.1, -0.05) is 17.8 Å². The largest absolute Gasteiger partial charge is 0.318 e. The minimum absolute atomic E-state index is 1.11. The fourth-order valence-electron chi connectivity index (χ4n) is 1.77. The van der Waals surface area contributed by atoms with Crippen molar-refractivity contribution in [1.29, 1.82) is 0 Å². The van der Waals surface area contributed by atoms with E-state index in [1.807, 2.05) is 11.8 Å². The Morgan fingerprint density at radius 3 is 3.31 bits per heavy atom. The normalized spacial score (nSPS) is 15.2. The summed E-state index contributed by atoms with van der Waals surface area (Å²) in [6, 6.07) is 6.45. The number of aromatic nitrogens is 2. The van der Waals surface area contributed by atoms with Crippen LogP contribution in [0.15, 0.2) is 23.4 Å². The molecule has 0 radical (unpaired) electrons. The molecule has 1 aromatic heterocycles. The van der Waals surface area contributed by atoms with Crippen LogP contribution < -0.4 is 0 Å². The lowest BCUT2D eigenvalue weighted by Gasteiger charge is -1.97. The third-order valence-electron chi connectivity index (χ3n) is 2.41. The predicted molar refractivity (Wildman–Crippen MR) is 55.2 cm³/mol. The molecule has 2 aromatic rings. The van der Waals surface area contributed by atoms with Gasteiger partial charge in [-0.3, -0.25) is 0 Å². The molecule has 0 bridgehead atoms. The van der Waals surface area contributed by atoms with Gasteiger partial charge in [0, 0.05) is 12.3 Å². The average molecular weight is 190 g/mol. The van der Waals surface area contributed by atoms with E-state index in [1.54, 1.807) is 0 Å². The molecule has 1 aliphatic rings. The molecule has 2 heterocycles. The van der Waals surface area contributed by atoms with Crippen molar-refractivity contribution < 1.29 is 0 Å². The Labute approximate surface area is 81.0 Å². The average Bonchev–Trinajstić information content (AvgIpc) is 2.64. The van der Waals surface area contributed by atoms with Gasteiger partial charge >= 0.3 is 0 Å². The molecule has 0 unspecified atom stereocenters. The molecule has 0 amide bonds. The summed E-state index contributed by atoms with van der Waals surface area (Å²) >= 11 is 1.85. The van der Waals surface area contributed by atoms with Crippen LogP contribution >= 0.6 is 11.8 Å². The zero-order valence-electron chi connectivity index (χ0n) is 7.45. The van der Waals surface area contributed by atoms with Gasteiger partial charge in [0.15, 0.2) is 5.16 Å². The number of thioether (sulfide) groups is 1. The van der Waals surface area contributed by atoms with Crippen molar-refractivity contribution in [2.45, 2.75) is 18.6 Å². The van der Waals surface area contributed by atoms with E-state index in [2.05, 4.69) is 34.7 Å². The van der Waals surface area contributed by atoms with Crippen LogP contribution in [0.2, 0.25) is 0 Å². The molecule has 0 spiro atoms. The second-order valence-corrected chi connectivity index (χ2v) is 4.45. The molecule has 0 atom stereocenters. The second kappa shape index (κ2) is 2.51. The molecular weight excluding hydrogens is 180 g/mol. The second-order valence-electron chi connectivity index (χ2n) is 3.39. The van der Waals surface area contributed by atoms with Gasteiger partial charge in [0.1, 0.15) is 0 Å². The topological polar surface area (TPSA) is 17.8 Å². The summed E-state index contributed by atoms with van der Waals surface area (Å²) in [5.41, 5.74) is 3.74. The van der Waals surface area contributed by atoms with Crippen molar-refractivity contribution in [3.63, 3.8) is 0 Å². The Bertz CT molecular complexity index is 473. The lowest BCUT2D eigenvalue weighted by Crippen LogP contribution is -1.92. The number of rotatable bonds is 0. The van der Waals surface area contributed by atoms with Crippen molar-refractivity contribution in [2.75, 3.05) is 5.75 Å². The van der Waals surface area contributed by atoms with E-state index < -0.39 is 0 Å². The van der Waals surface area contributed by atoms with E-state index >= 15 is 0 Å².